The number of rotatable bonds is 8. The molecule has 204 valence electrons. The molecule has 5 rings (SSSR count). The van der Waals surface area contributed by atoms with Crippen molar-refractivity contribution >= 4 is 71.4 Å². The van der Waals surface area contributed by atoms with Gasteiger partial charge >= 0.3 is 0 Å². The molecule has 0 spiro atoms. The van der Waals surface area contributed by atoms with Crippen molar-refractivity contribution in [2.45, 2.75) is 32.8 Å². The van der Waals surface area contributed by atoms with Crippen LogP contribution in [0.4, 0.5) is 0 Å². The van der Waals surface area contributed by atoms with Crippen LogP contribution in [0.1, 0.15) is 43.1 Å². The van der Waals surface area contributed by atoms with Crippen LogP contribution in [0.25, 0.3) is 21.7 Å². The van der Waals surface area contributed by atoms with Crippen molar-refractivity contribution in [1.29, 1.82) is 0 Å². The SMILES string of the molecule is CC[C@H](C)c1nc2ccc(Br)cc2c(=O)n1N=Cc1cc(OC)c(OCc2cccc3ccccc23)c(Cl)c1Br. The number of benzene rings is 4. The van der Waals surface area contributed by atoms with Gasteiger partial charge in [-0.3, -0.25) is 4.79 Å². The molecule has 0 radical (unpaired) electrons. The molecule has 1 aromatic heterocycles. The summed E-state index contributed by atoms with van der Waals surface area (Å²) in [6, 6.07) is 21.5. The summed E-state index contributed by atoms with van der Waals surface area (Å²) in [6.45, 7) is 4.38. The van der Waals surface area contributed by atoms with Crippen LogP contribution in [0.3, 0.4) is 0 Å². The lowest BCUT2D eigenvalue weighted by Gasteiger charge is -2.16. The van der Waals surface area contributed by atoms with Gasteiger partial charge in [0.05, 0.1) is 24.2 Å². The zero-order valence-corrected chi connectivity index (χ0v) is 26.0. The van der Waals surface area contributed by atoms with E-state index >= 15 is 0 Å². The fourth-order valence-corrected chi connectivity index (χ4v) is 5.47. The summed E-state index contributed by atoms with van der Waals surface area (Å²) in [6.07, 6.45) is 2.38. The zero-order valence-electron chi connectivity index (χ0n) is 22.1. The van der Waals surface area contributed by atoms with E-state index in [2.05, 4.69) is 62.1 Å². The highest BCUT2D eigenvalue weighted by molar-refractivity contribution is 9.10. The molecular formula is C31H26Br2ClN3O3. The number of hydrogen-bond donors (Lipinski definition) is 0. The van der Waals surface area contributed by atoms with Gasteiger partial charge in [-0.05, 0) is 63.0 Å². The molecule has 0 amide bonds. The van der Waals surface area contributed by atoms with Gasteiger partial charge in [0.1, 0.15) is 17.5 Å². The topological polar surface area (TPSA) is 65.7 Å². The van der Waals surface area contributed by atoms with Crippen molar-refractivity contribution in [3.63, 3.8) is 0 Å². The molecule has 0 aliphatic rings. The molecule has 0 bridgehead atoms. The van der Waals surface area contributed by atoms with E-state index in [0.717, 1.165) is 27.2 Å². The molecule has 0 N–H and O–H groups in total. The third-order valence-corrected chi connectivity index (χ3v) is 8.76. The Bertz CT molecular complexity index is 1820. The Morgan fingerprint density at radius 1 is 1.07 bits per heavy atom. The van der Waals surface area contributed by atoms with E-state index in [4.69, 9.17) is 26.1 Å². The number of halogens is 3. The Balaban J connectivity index is 1.53. The van der Waals surface area contributed by atoms with Crippen LogP contribution >= 0.6 is 43.5 Å². The van der Waals surface area contributed by atoms with Gasteiger partial charge in [-0.1, -0.05) is 83.8 Å². The molecule has 9 heteroatoms. The van der Waals surface area contributed by atoms with E-state index in [-0.39, 0.29) is 11.5 Å². The first kappa shape index (κ1) is 28.3. The first-order valence-electron chi connectivity index (χ1n) is 12.7. The quantitative estimate of drug-likeness (QED) is 0.154. The molecule has 0 fully saturated rings. The summed E-state index contributed by atoms with van der Waals surface area (Å²) >= 11 is 13.8. The van der Waals surface area contributed by atoms with Gasteiger partial charge in [0.15, 0.2) is 11.5 Å². The molecular weight excluding hydrogens is 658 g/mol. The maximum absolute atomic E-state index is 13.5. The molecule has 5 aromatic rings. The summed E-state index contributed by atoms with van der Waals surface area (Å²) in [5.74, 6) is 1.47. The largest absolute Gasteiger partial charge is 0.493 e. The lowest BCUT2D eigenvalue weighted by molar-refractivity contribution is 0.285. The lowest BCUT2D eigenvalue weighted by Crippen LogP contribution is -2.23. The van der Waals surface area contributed by atoms with Gasteiger partial charge in [0.25, 0.3) is 5.56 Å². The minimum Gasteiger partial charge on any atom is -0.493 e. The summed E-state index contributed by atoms with van der Waals surface area (Å²) in [5.41, 5.74) is 2.04. The van der Waals surface area contributed by atoms with Crippen LogP contribution < -0.4 is 15.0 Å². The molecule has 0 saturated carbocycles. The average Bonchev–Trinajstić information content (AvgIpc) is 2.97. The average molecular weight is 684 g/mol. The van der Waals surface area contributed by atoms with E-state index in [1.54, 1.807) is 25.5 Å². The van der Waals surface area contributed by atoms with Crippen molar-refractivity contribution in [3.05, 3.63) is 108 Å². The lowest BCUT2D eigenvalue weighted by atomic mass is 10.1. The molecule has 1 heterocycles. The van der Waals surface area contributed by atoms with Gasteiger partial charge in [-0.25, -0.2) is 4.98 Å². The smallest absolute Gasteiger partial charge is 0.282 e. The molecule has 0 unspecified atom stereocenters. The van der Waals surface area contributed by atoms with Crippen LogP contribution in [-0.2, 0) is 6.61 Å². The predicted octanol–water partition coefficient (Wildman–Crippen LogP) is 8.71. The van der Waals surface area contributed by atoms with E-state index in [9.17, 15) is 4.79 Å². The predicted molar refractivity (Wildman–Crippen MR) is 169 cm³/mol. The second-order valence-electron chi connectivity index (χ2n) is 9.35. The van der Waals surface area contributed by atoms with Crippen molar-refractivity contribution < 1.29 is 9.47 Å². The summed E-state index contributed by atoms with van der Waals surface area (Å²) in [4.78, 5) is 18.3. The van der Waals surface area contributed by atoms with Crippen LogP contribution in [-0.4, -0.2) is 23.0 Å². The summed E-state index contributed by atoms with van der Waals surface area (Å²) in [5, 5.41) is 7.65. The monoisotopic (exact) mass is 681 g/mol. The molecule has 40 heavy (non-hydrogen) atoms. The Labute approximate surface area is 253 Å². The molecule has 0 aliphatic heterocycles. The highest BCUT2D eigenvalue weighted by Crippen LogP contribution is 2.42. The fourth-order valence-electron chi connectivity index (χ4n) is 4.45. The zero-order chi connectivity index (χ0) is 28.4. The first-order valence-corrected chi connectivity index (χ1v) is 14.7. The molecule has 0 saturated heterocycles. The number of methoxy groups -OCH3 is 1. The summed E-state index contributed by atoms with van der Waals surface area (Å²) < 4.78 is 14.6. The van der Waals surface area contributed by atoms with Crippen LogP contribution in [0, 0.1) is 0 Å². The van der Waals surface area contributed by atoms with E-state index in [1.807, 2.05) is 43.3 Å². The Kier molecular flexibility index (Phi) is 8.59. The molecule has 1 atom stereocenters. The van der Waals surface area contributed by atoms with E-state index in [0.29, 0.717) is 49.9 Å². The summed E-state index contributed by atoms with van der Waals surface area (Å²) in [7, 11) is 1.56. The van der Waals surface area contributed by atoms with Crippen LogP contribution in [0.5, 0.6) is 11.5 Å². The van der Waals surface area contributed by atoms with Crippen molar-refractivity contribution in [1.82, 2.24) is 9.66 Å². The number of ether oxygens (including phenoxy) is 2. The van der Waals surface area contributed by atoms with E-state index < -0.39 is 0 Å². The minimum absolute atomic E-state index is 0.0179. The van der Waals surface area contributed by atoms with Gasteiger partial charge in [-0.15, -0.1) is 0 Å². The number of fused-ring (bicyclic) bond motifs is 2. The maximum Gasteiger partial charge on any atom is 0.282 e. The minimum atomic E-state index is -0.248. The second kappa shape index (κ2) is 12.1. The van der Waals surface area contributed by atoms with Crippen molar-refractivity contribution in [2.24, 2.45) is 5.10 Å². The van der Waals surface area contributed by atoms with Gasteiger partial charge < -0.3 is 9.47 Å². The first-order chi connectivity index (χ1) is 19.3. The number of aromatic nitrogens is 2. The second-order valence-corrected chi connectivity index (χ2v) is 11.4. The van der Waals surface area contributed by atoms with Gasteiger partial charge in [0, 0.05) is 20.4 Å². The molecule has 0 aliphatic carbocycles. The Hall–Kier alpha value is -3.20. The van der Waals surface area contributed by atoms with Gasteiger partial charge in [0.2, 0.25) is 0 Å². The Morgan fingerprint density at radius 3 is 2.62 bits per heavy atom. The normalized spacial score (nSPS) is 12.3. The molecule has 4 aromatic carbocycles. The van der Waals surface area contributed by atoms with Crippen molar-refractivity contribution in [2.75, 3.05) is 7.11 Å². The van der Waals surface area contributed by atoms with E-state index in [1.165, 1.54) is 4.68 Å². The number of nitrogens with zero attached hydrogens (tertiary/aromatic N) is 3. The molecule has 6 nitrogen and oxygen atoms in total. The fraction of sp³-hybridized carbons (Fsp3) is 0.194. The van der Waals surface area contributed by atoms with Crippen LogP contribution in [0.15, 0.2) is 85.6 Å². The van der Waals surface area contributed by atoms with Crippen molar-refractivity contribution in [3.8, 4) is 11.5 Å². The van der Waals surface area contributed by atoms with Crippen LogP contribution in [0.2, 0.25) is 5.02 Å². The third kappa shape index (κ3) is 5.53. The third-order valence-electron chi connectivity index (χ3n) is 6.83. The number of hydrogen-bond acceptors (Lipinski definition) is 5. The highest BCUT2D eigenvalue weighted by Gasteiger charge is 2.19. The standard InChI is InChI=1S/C31H26Br2ClN3O3/c1-4-18(2)30-36-25-13-12-22(32)15-24(25)31(38)37(30)35-16-21-14-26(39-3)29(28(34)27(21)33)40-17-20-10-7-9-19-8-5-6-11-23(19)20/h5-16,18H,4,17H2,1-3H3/t18-/m0/s1. The van der Waals surface area contributed by atoms with Gasteiger partial charge in [-0.2, -0.15) is 9.78 Å². The Morgan fingerprint density at radius 2 is 1.85 bits per heavy atom. The highest BCUT2D eigenvalue weighted by atomic mass is 79.9. The maximum atomic E-state index is 13.5.